The molecule has 0 radical (unpaired) electrons. The number of rotatable bonds is 5. The number of aliphatic carboxylic acids is 1. The predicted octanol–water partition coefficient (Wildman–Crippen LogP) is 2.97. The molecule has 0 bridgehead atoms. The highest BCUT2D eigenvalue weighted by Crippen LogP contribution is 2.50. The van der Waals surface area contributed by atoms with E-state index in [0.717, 1.165) is 12.8 Å². The summed E-state index contributed by atoms with van der Waals surface area (Å²) in [6.45, 7) is 1.33. The Bertz CT molecular complexity index is 554. The Hall–Kier alpha value is -1.75. The molecular formula is C14H16ClNO4. The zero-order chi connectivity index (χ0) is 14.9. The van der Waals surface area contributed by atoms with Gasteiger partial charge in [-0.15, -0.1) is 0 Å². The molecule has 1 atom stereocenters. The Kier molecular flexibility index (Phi) is 4.18. The lowest BCUT2D eigenvalue weighted by Crippen LogP contribution is -2.14. The average molecular weight is 298 g/mol. The molecule has 1 aromatic rings. The highest BCUT2D eigenvalue weighted by molar-refractivity contribution is 6.32. The average Bonchev–Trinajstić information content (AvgIpc) is 3.15. The molecule has 20 heavy (non-hydrogen) atoms. The zero-order valence-electron chi connectivity index (χ0n) is 11.0. The number of carbonyl (C=O) groups is 2. The van der Waals surface area contributed by atoms with Crippen LogP contribution in [0.4, 0.5) is 5.69 Å². The number of aromatic hydroxyl groups is 1. The molecule has 0 aliphatic heterocycles. The second kappa shape index (κ2) is 5.71. The summed E-state index contributed by atoms with van der Waals surface area (Å²) in [7, 11) is 0. The molecule has 5 nitrogen and oxygen atoms in total. The molecule has 1 amide bonds. The fourth-order valence-electron chi connectivity index (χ4n) is 2.44. The van der Waals surface area contributed by atoms with Crippen molar-refractivity contribution in [3.63, 3.8) is 0 Å². The second-order valence-corrected chi connectivity index (χ2v) is 5.49. The maximum atomic E-state index is 11.3. The fourth-order valence-corrected chi connectivity index (χ4v) is 2.74. The molecule has 1 aromatic carbocycles. The first-order chi connectivity index (χ1) is 9.40. The quantitative estimate of drug-likeness (QED) is 0.729. The van der Waals surface area contributed by atoms with Crippen molar-refractivity contribution in [3.05, 3.63) is 22.7 Å². The normalized spacial score (nSPS) is 15.7. The van der Waals surface area contributed by atoms with Gasteiger partial charge < -0.3 is 15.5 Å². The molecule has 0 saturated heterocycles. The summed E-state index contributed by atoms with van der Waals surface area (Å²) in [6, 6.07) is 2.91. The number of benzene rings is 1. The number of carboxylic acid groups (broad SMARTS) is 1. The number of halogens is 1. The topological polar surface area (TPSA) is 86.6 Å². The first-order valence-corrected chi connectivity index (χ1v) is 6.78. The van der Waals surface area contributed by atoms with Crippen molar-refractivity contribution < 1.29 is 19.8 Å². The lowest BCUT2D eigenvalue weighted by atomic mass is 9.89. The summed E-state index contributed by atoms with van der Waals surface area (Å²) in [5.74, 6) is -1.42. The van der Waals surface area contributed by atoms with E-state index in [-0.39, 0.29) is 35.6 Å². The molecule has 6 heteroatoms. The number of nitrogens with one attached hydrogen (secondary N) is 1. The Morgan fingerprint density at radius 1 is 1.45 bits per heavy atom. The maximum Gasteiger partial charge on any atom is 0.303 e. The minimum absolute atomic E-state index is 0.0690. The summed E-state index contributed by atoms with van der Waals surface area (Å²) in [5.41, 5.74) is 0.745. The summed E-state index contributed by atoms with van der Waals surface area (Å²) in [4.78, 5) is 22.3. The van der Waals surface area contributed by atoms with Crippen LogP contribution in [-0.4, -0.2) is 22.1 Å². The van der Waals surface area contributed by atoms with Crippen molar-refractivity contribution in [2.45, 2.75) is 32.1 Å². The van der Waals surface area contributed by atoms with Crippen LogP contribution in [0.2, 0.25) is 5.02 Å². The van der Waals surface area contributed by atoms with Crippen molar-refractivity contribution >= 4 is 29.2 Å². The Labute approximate surface area is 121 Å². The Morgan fingerprint density at radius 3 is 2.60 bits per heavy atom. The minimum Gasteiger partial charge on any atom is -0.506 e. The van der Waals surface area contributed by atoms with E-state index in [1.807, 2.05) is 0 Å². The molecular weight excluding hydrogens is 282 g/mol. The number of carboxylic acids is 1. The van der Waals surface area contributed by atoms with Crippen molar-refractivity contribution in [1.29, 1.82) is 0 Å². The van der Waals surface area contributed by atoms with Gasteiger partial charge in [0.1, 0.15) is 5.75 Å². The second-order valence-electron chi connectivity index (χ2n) is 5.08. The van der Waals surface area contributed by atoms with Gasteiger partial charge in [0, 0.05) is 23.4 Å². The third-order valence-corrected chi connectivity index (χ3v) is 3.76. The molecule has 1 saturated carbocycles. The van der Waals surface area contributed by atoms with Gasteiger partial charge in [0.05, 0.1) is 12.1 Å². The highest BCUT2D eigenvalue weighted by Gasteiger charge is 2.37. The zero-order valence-corrected chi connectivity index (χ0v) is 11.8. The minimum atomic E-state index is -0.921. The highest BCUT2D eigenvalue weighted by atomic mass is 35.5. The molecule has 1 aliphatic carbocycles. The first-order valence-electron chi connectivity index (χ1n) is 6.41. The van der Waals surface area contributed by atoms with Crippen LogP contribution in [0, 0.1) is 5.92 Å². The SMILES string of the molecule is CC(=O)Nc1c(O)ccc(Cl)c1C(CC(=O)O)C1CC1. The van der Waals surface area contributed by atoms with Crippen LogP contribution in [0.5, 0.6) is 5.75 Å². The van der Waals surface area contributed by atoms with Gasteiger partial charge in [0.2, 0.25) is 5.91 Å². The number of phenolic OH excluding ortho intramolecular Hbond substituents is 1. The molecule has 1 aliphatic rings. The monoisotopic (exact) mass is 297 g/mol. The van der Waals surface area contributed by atoms with E-state index >= 15 is 0 Å². The lowest BCUT2D eigenvalue weighted by Gasteiger charge is -2.21. The van der Waals surface area contributed by atoms with Crippen LogP contribution in [0.1, 0.15) is 37.7 Å². The van der Waals surface area contributed by atoms with Crippen molar-refractivity contribution in [3.8, 4) is 5.75 Å². The molecule has 0 spiro atoms. The molecule has 0 aromatic heterocycles. The van der Waals surface area contributed by atoms with Gasteiger partial charge in [-0.05, 0) is 30.9 Å². The third-order valence-electron chi connectivity index (χ3n) is 3.43. The number of carbonyl (C=O) groups excluding carboxylic acids is 1. The molecule has 3 N–H and O–H groups in total. The van der Waals surface area contributed by atoms with E-state index in [2.05, 4.69) is 5.32 Å². The van der Waals surface area contributed by atoms with Crippen LogP contribution in [0.3, 0.4) is 0 Å². The van der Waals surface area contributed by atoms with Gasteiger partial charge in [-0.2, -0.15) is 0 Å². The van der Waals surface area contributed by atoms with E-state index in [9.17, 15) is 14.7 Å². The van der Waals surface area contributed by atoms with Crippen LogP contribution < -0.4 is 5.32 Å². The van der Waals surface area contributed by atoms with Gasteiger partial charge in [-0.25, -0.2) is 0 Å². The standard InChI is InChI=1S/C14H16ClNO4/c1-7(17)16-14-11(18)5-4-10(15)13(14)9(6-12(19)20)8-2-3-8/h4-5,8-9,18H,2-3,6H2,1H3,(H,16,17)(H,19,20). The van der Waals surface area contributed by atoms with Gasteiger partial charge in [-0.3, -0.25) is 9.59 Å². The number of amides is 1. The Balaban J connectivity index is 2.48. The van der Waals surface area contributed by atoms with Gasteiger partial charge in [-0.1, -0.05) is 11.6 Å². The largest absolute Gasteiger partial charge is 0.506 e. The third kappa shape index (κ3) is 3.22. The summed E-state index contributed by atoms with van der Waals surface area (Å²) in [6.07, 6.45) is 1.80. The predicted molar refractivity (Wildman–Crippen MR) is 75.1 cm³/mol. The van der Waals surface area contributed by atoms with Gasteiger partial charge in [0.25, 0.3) is 0 Å². The van der Waals surface area contributed by atoms with Crippen LogP contribution in [0.25, 0.3) is 0 Å². The van der Waals surface area contributed by atoms with E-state index in [1.54, 1.807) is 0 Å². The molecule has 1 fully saturated rings. The number of hydrogen-bond acceptors (Lipinski definition) is 3. The molecule has 108 valence electrons. The fraction of sp³-hybridized carbons (Fsp3) is 0.429. The van der Waals surface area contributed by atoms with E-state index in [4.69, 9.17) is 16.7 Å². The van der Waals surface area contributed by atoms with Crippen molar-refractivity contribution in [2.24, 2.45) is 5.92 Å². The Morgan fingerprint density at radius 2 is 2.10 bits per heavy atom. The van der Waals surface area contributed by atoms with Crippen molar-refractivity contribution in [1.82, 2.24) is 0 Å². The van der Waals surface area contributed by atoms with Crippen LogP contribution in [-0.2, 0) is 9.59 Å². The summed E-state index contributed by atoms with van der Waals surface area (Å²) >= 11 is 6.18. The summed E-state index contributed by atoms with van der Waals surface area (Å²) < 4.78 is 0. The lowest BCUT2D eigenvalue weighted by molar-refractivity contribution is -0.137. The maximum absolute atomic E-state index is 11.3. The number of phenols is 1. The van der Waals surface area contributed by atoms with Gasteiger partial charge in [0.15, 0.2) is 0 Å². The molecule has 0 heterocycles. The summed E-state index contributed by atoms with van der Waals surface area (Å²) in [5, 5.41) is 21.9. The van der Waals surface area contributed by atoms with E-state index in [1.165, 1.54) is 19.1 Å². The van der Waals surface area contributed by atoms with Gasteiger partial charge >= 0.3 is 5.97 Å². The van der Waals surface area contributed by atoms with E-state index in [0.29, 0.717) is 10.6 Å². The van der Waals surface area contributed by atoms with Crippen LogP contribution in [0.15, 0.2) is 12.1 Å². The number of hydrogen-bond donors (Lipinski definition) is 3. The van der Waals surface area contributed by atoms with Crippen LogP contribution >= 0.6 is 11.6 Å². The first kappa shape index (κ1) is 14.7. The number of anilines is 1. The smallest absolute Gasteiger partial charge is 0.303 e. The molecule has 2 rings (SSSR count). The van der Waals surface area contributed by atoms with E-state index < -0.39 is 5.97 Å². The molecule has 1 unspecified atom stereocenters. The van der Waals surface area contributed by atoms with Crippen molar-refractivity contribution in [2.75, 3.05) is 5.32 Å².